The van der Waals surface area contributed by atoms with Crippen molar-refractivity contribution in [2.45, 2.75) is 31.1 Å². The van der Waals surface area contributed by atoms with Crippen LogP contribution in [0.5, 0.6) is 17.6 Å². The first-order valence-corrected chi connectivity index (χ1v) is 22.6. The van der Waals surface area contributed by atoms with Gasteiger partial charge in [-0.1, -0.05) is 40.2 Å². The molecule has 0 aliphatic carbocycles. The van der Waals surface area contributed by atoms with E-state index in [1.807, 2.05) is 16.1 Å². The number of tetrazole rings is 1. The number of aromatic nitrogens is 12. The number of morpholine rings is 2. The van der Waals surface area contributed by atoms with E-state index in [2.05, 4.69) is 70.5 Å². The van der Waals surface area contributed by atoms with Gasteiger partial charge in [0, 0.05) is 68.6 Å². The molecule has 7 rings (SSSR count). The molecule has 2 saturated heterocycles. The number of anilines is 3. The summed E-state index contributed by atoms with van der Waals surface area (Å²) in [5, 5.41) is 50.8. The van der Waals surface area contributed by atoms with Crippen LogP contribution in [0.15, 0.2) is 35.1 Å². The molecule has 27 nitrogen and oxygen atoms in total. The van der Waals surface area contributed by atoms with Crippen molar-refractivity contribution in [3.8, 4) is 17.6 Å². The monoisotopic (exact) mass is 1240 g/mol. The van der Waals surface area contributed by atoms with Crippen molar-refractivity contribution in [2.75, 3.05) is 100 Å². The maximum Gasteiger partial charge on any atom is 1.00 e. The number of amides is 1. The summed E-state index contributed by atoms with van der Waals surface area (Å²) in [6, 6.07) is 0. The van der Waals surface area contributed by atoms with Crippen LogP contribution in [0, 0.1) is 0 Å². The SMILES string of the molecule is CCOC(=O)c1cnc(N2CCOCC2)nc1[O-].CCOC(=O)c1cnc(SC)nc1Cl.CCOC(=O)c1cnc(SC)nc1[O-].O=C(Nc1nn[nH]n1)c1cnc(N2CCOCC2)nc1[O-].[Rb+].[Rb+].[Rb+]. The van der Waals surface area contributed by atoms with Crippen molar-refractivity contribution in [1.82, 2.24) is 60.5 Å². The molecule has 33 heteroatoms. The van der Waals surface area contributed by atoms with E-state index in [1.165, 1.54) is 48.3 Å². The van der Waals surface area contributed by atoms with Gasteiger partial charge >= 0.3 is 192 Å². The number of H-pyrrole nitrogens is 1. The Kier molecular flexibility index (Phi) is 34.8. The number of nitrogens with one attached hydrogen (secondary N) is 2. The van der Waals surface area contributed by atoms with E-state index in [0.29, 0.717) is 81.4 Å². The Labute approximate surface area is 561 Å². The Morgan fingerprint density at radius 2 is 1.04 bits per heavy atom. The molecule has 0 atom stereocenters. The van der Waals surface area contributed by atoms with E-state index >= 15 is 0 Å². The van der Waals surface area contributed by atoms with Crippen LogP contribution in [-0.4, -0.2) is 169 Å². The third-order valence-electron chi connectivity index (χ3n) is 8.19. The zero-order valence-corrected chi connectivity index (χ0v) is 56.6. The van der Waals surface area contributed by atoms with E-state index in [9.17, 15) is 34.5 Å². The zero-order valence-electron chi connectivity index (χ0n) is 39.5. The number of hydrogen-bond donors (Lipinski definition) is 2. The van der Waals surface area contributed by atoms with Gasteiger partial charge in [0.05, 0.1) is 62.9 Å². The average molecular weight is 1250 g/mol. The van der Waals surface area contributed by atoms with E-state index in [-0.39, 0.29) is 221 Å². The predicted octanol–water partition coefficient (Wildman–Crippen LogP) is -8.79. The number of carbonyl (C=O) groups excluding carboxylic acids is 4. The van der Waals surface area contributed by atoms with Gasteiger partial charge in [0.1, 0.15) is 10.7 Å². The number of nitrogens with zero attached hydrogens (tertiary/aromatic N) is 13. The van der Waals surface area contributed by atoms with Crippen LogP contribution in [0.25, 0.3) is 0 Å². The zero-order chi connectivity index (χ0) is 48.7. The van der Waals surface area contributed by atoms with Crippen molar-refractivity contribution >= 4 is 76.8 Å². The molecule has 0 aromatic carbocycles. The molecule has 2 N–H and O–H groups in total. The van der Waals surface area contributed by atoms with Crippen molar-refractivity contribution < 1.29 is 233 Å². The standard InChI is InChI=1S/C11H15N3O4.C10H12N8O3.C8H9ClN2O2S.C8H10N2O3S.3Rb/c1-2-18-10(16)8-7-12-11(13-9(8)15)14-3-5-17-6-4-14;19-7(12-9-14-16-17-15-9)6-5-11-10(13-8(6)20)18-1-3-21-4-2-18;1-3-13-7(12)5-4-10-8(14-2)11-6(5)9;1-3-13-7(12)5-4-9-8(14-2)10-6(5)11;;;/h7H,2-6H2,1H3,(H,12,13,15);5H,1-4H2,(H,11,13,20)(H2,12,14,15,16,17,19);4H,3H2,1-2H3;4H,3H2,1-2H3,(H,9,10,11);;;/q;;;;3*+1/p-3. The van der Waals surface area contributed by atoms with Gasteiger partial charge in [-0.15, -0.1) is 5.10 Å². The molecule has 7 heterocycles. The van der Waals surface area contributed by atoms with Gasteiger partial charge in [-0.05, 0) is 38.5 Å². The van der Waals surface area contributed by atoms with Gasteiger partial charge in [-0.25, -0.2) is 54.3 Å². The summed E-state index contributed by atoms with van der Waals surface area (Å²) in [6.07, 6.45) is 8.56. The molecule has 2 fully saturated rings. The molecule has 2 aliphatic heterocycles. The molecule has 5 aromatic heterocycles. The summed E-state index contributed by atoms with van der Waals surface area (Å²) < 4.78 is 24.6. The summed E-state index contributed by atoms with van der Waals surface area (Å²) in [5.74, 6) is -3.81. The molecule has 0 saturated carbocycles. The fraction of sp³-hybridized carbons (Fsp3) is 0.432. The molecule has 0 spiro atoms. The second kappa shape index (κ2) is 36.5. The smallest absolute Gasteiger partial charge is 0.858 e. The minimum atomic E-state index is -0.685. The van der Waals surface area contributed by atoms with Crippen molar-refractivity contribution in [2.24, 2.45) is 0 Å². The first-order valence-electron chi connectivity index (χ1n) is 19.8. The minimum absolute atomic E-state index is 0. The Morgan fingerprint density at radius 3 is 1.43 bits per heavy atom. The topological polar surface area (TPSA) is 360 Å². The molecule has 2 aliphatic rings. The fourth-order valence-electron chi connectivity index (χ4n) is 5.02. The van der Waals surface area contributed by atoms with E-state index < -0.39 is 41.5 Å². The molecule has 0 radical (unpaired) electrons. The number of rotatable bonds is 12. The Morgan fingerprint density at radius 1 is 0.643 bits per heavy atom. The molecular formula is C37H43ClN15O12Rb3S2. The second-order valence-electron chi connectivity index (χ2n) is 12.5. The number of carbonyl (C=O) groups is 4. The molecule has 0 unspecified atom stereocenters. The number of esters is 3. The predicted molar refractivity (Wildman–Crippen MR) is 231 cm³/mol. The van der Waals surface area contributed by atoms with E-state index in [4.69, 9.17) is 30.5 Å². The number of thioether (sulfide) groups is 2. The Hall–Kier alpha value is -1.40. The molecular weight excluding hydrogens is 1200 g/mol. The third-order valence-corrected chi connectivity index (χ3v) is 9.60. The number of halogens is 1. The molecule has 0 bridgehead atoms. The van der Waals surface area contributed by atoms with Crippen molar-refractivity contribution in [3.63, 3.8) is 0 Å². The van der Waals surface area contributed by atoms with Gasteiger partial charge in [0.2, 0.25) is 11.9 Å². The van der Waals surface area contributed by atoms with Gasteiger partial charge in [0.15, 0.2) is 10.3 Å². The summed E-state index contributed by atoms with van der Waals surface area (Å²) in [6.45, 7) is 10.6. The summed E-state index contributed by atoms with van der Waals surface area (Å²) in [5.41, 5.74) is -0.235. The maximum absolute atomic E-state index is 11.9. The Bertz CT molecular complexity index is 2350. The van der Waals surface area contributed by atoms with Crippen LogP contribution in [0.2, 0.25) is 5.15 Å². The van der Waals surface area contributed by atoms with E-state index in [0.717, 1.165) is 0 Å². The number of ether oxygens (including phenoxy) is 5. The van der Waals surface area contributed by atoms with Gasteiger partial charge < -0.3 is 48.8 Å². The second-order valence-corrected chi connectivity index (χ2v) is 14.4. The van der Waals surface area contributed by atoms with Crippen LogP contribution in [-0.2, 0) is 23.7 Å². The first-order chi connectivity index (χ1) is 32.3. The van der Waals surface area contributed by atoms with Crippen molar-refractivity contribution in [3.05, 3.63) is 52.2 Å². The summed E-state index contributed by atoms with van der Waals surface area (Å²) in [7, 11) is 0. The van der Waals surface area contributed by atoms with Crippen LogP contribution >= 0.6 is 35.1 Å². The van der Waals surface area contributed by atoms with Crippen LogP contribution < -0.4 is 205 Å². The minimum Gasteiger partial charge on any atom is -0.858 e. The van der Waals surface area contributed by atoms with Crippen LogP contribution in [0.1, 0.15) is 62.2 Å². The quantitative estimate of drug-likeness (QED) is 0.0385. The number of aromatic amines is 1. The van der Waals surface area contributed by atoms with Gasteiger partial charge in [0.25, 0.3) is 11.9 Å². The van der Waals surface area contributed by atoms with Crippen LogP contribution in [0.4, 0.5) is 17.8 Å². The van der Waals surface area contributed by atoms with E-state index in [1.54, 1.807) is 27.0 Å². The summed E-state index contributed by atoms with van der Waals surface area (Å²) in [4.78, 5) is 80.3. The summed E-state index contributed by atoms with van der Waals surface area (Å²) >= 11 is 8.37. The largest absolute Gasteiger partial charge is 1.00 e. The maximum atomic E-state index is 11.9. The molecule has 1 amide bonds. The Balaban J connectivity index is 0.000000467. The number of hydrogen-bond acceptors (Lipinski definition) is 27. The average Bonchev–Trinajstić information content (AvgIpc) is 3.85. The molecule has 70 heavy (non-hydrogen) atoms. The van der Waals surface area contributed by atoms with Gasteiger partial charge in [-0.3, -0.25) is 10.1 Å². The normalized spacial score (nSPS) is 12.4. The molecule has 5 aromatic rings. The van der Waals surface area contributed by atoms with Crippen LogP contribution in [0.3, 0.4) is 0 Å². The van der Waals surface area contributed by atoms with Crippen molar-refractivity contribution in [1.29, 1.82) is 0 Å². The first kappa shape index (κ1) is 66.6. The van der Waals surface area contributed by atoms with Gasteiger partial charge in [-0.2, -0.15) is 5.21 Å². The molecule has 360 valence electrons. The fourth-order valence-corrected chi connectivity index (χ4v) is 5.95. The third kappa shape index (κ3) is 21.8.